The Hall–Kier alpha value is -3.88. The molecule has 158 valence electrons. The van der Waals surface area contributed by atoms with Crippen molar-refractivity contribution >= 4 is 34.0 Å². The average Bonchev–Trinajstić information content (AvgIpc) is 3.40. The first-order valence-corrected chi connectivity index (χ1v) is 10.3. The zero-order chi connectivity index (χ0) is 21.4. The quantitative estimate of drug-likeness (QED) is 0.522. The molecule has 0 bridgehead atoms. The fourth-order valence-corrected chi connectivity index (χ4v) is 3.93. The molecule has 3 N–H and O–H groups in total. The first-order chi connectivity index (χ1) is 15.1. The van der Waals surface area contributed by atoms with Crippen LogP contribution in [0.5, 0.6) is 0 Å². The van der Waals surface area contributed by atoms with Crippen LogP contribution < -0.4 is 16.0 Å². The number of hydrogen-bond acceptors (Lipinski definition) is 7. The van der Waals surface area contributed by atoms with Crippen molar-refractivity contribution in [2.75, 3.05) is 29.0 Å². The second-order valence-corrected chi connectivity index (χ2v) is 7.72. The van der Waals surface area contributed by atoms with Gasteiger partial charge < -0.3 is 20.4 Å². The van der Waals surface area contributed by atoms with E-state index in [2.05, 4.69) is 25.3 Å². The maximum absolute atomic E-state index is 13.0. The van der Waals surface area contributed by atoms with Gasteiger partial charge in [-0.05, 0) is 43.5 Å². The van der Waals surface area contributed by atoms with Gasteiger partial charge in [0.25, 0.3) is 5.91 Å². The van der Waals surface area contributed by atoms with Crippen molar-refractivity contribution in [2.24, 2.45) is 7.05 Å². The summed E-state index contributed by atoms with van der Waals surface area (Å²) in [5.74, 6) is 0.259. The lowest BCUT2D eigenvalue weighted by Crippen LogP contribution is -2.30. The highest BCUT2D eigenvalue weighted by Gasteiger charge is 2.20. The second kappa shape index (κ2) is 7.75. The van der Waals surface area contributed by atoms with E-state index in [4.69, 9.17) is 10.2 Å². The molecular formula is C22H23N7O2. The van der Waals surface area contributed by atoms with Crippen molar-refractivity contribution < 1.29 is 9.21 Å². The van der Waals surface area contributed by atoms with Crippen LogP contribution in [0.25, 0.3) is 22.5 Å². The minimum Gasteiger partial charge on any atom is -0.442 e. The Kier molecular flexibility index (Phi) is 4.78. The highest BCUT2D eigenvalue weighted by Crippen LogP contribution is 2.33. The predicted octanol–water partition coefficient (Wildman–Crippen LogP) is 3.45. The van der Waals surface area contributed by atoms with E-state index in [-0.39, 0.29) is 17.5 Å². The molecule has 9 nitrogen and oxygen atoms in total. The third kappa shape index (κ3) is 3.81. The van der Waals surface area contributed by atoms with E-state index in [9.17, 15) is 4.79 Å². The number of benzene rings is 1. The van der Waals surface area contributed by atoms with Gasteiger partial charge in [0, 0.05) is 31.7 Å². The number of amides is 1. The molecule has 9 heteroatoms. The minimum atomic E-state index is -0.347. The Balaban J connectivity index is 1.46. The molecule has 0 radical (unpaired) electrons. The Morgan fingerprint density at radius 3 is 2.81 bits per heavy atom. The van der Waals surface area contributed by atoms with Gasteiger partial charge in [0.2, 0.25) is 5.89 Å². The molecule has 4 heterocycles. The first kappa shape index (κ1) is 19.1. The molecule has 4 aromatic rings. The summed E-state index contributed by atoms with van der Waals surface area (Å²) < 4.78 is 7.25. The first-order valence-electron chi connectivity index (χ1n) is 10.3. The van der Waals surface area contributed by atoms with Gasteiger partial charge >= 0.3 is 0 Å². The fraction of sp³-hybridized carbons (Fsp3) is 0.273. The molecule has 1 aliphatic rings. The van der Waals surface area contributed by atoms with Crippen LogP contribution >= 0.6 is 0 Å². The van der Waals surface area contributed by atoms with Gasteiger partial charge in [0.15, 0.2) is 5.69 Å². The molecule has 0 aliphatic carbocycles. The summed E-state index contributed by atoms with van der Waals surface area (Å²) in [5, 5.41) is 8.50. The van der Waals surface area contributed by atoms with E-state index >= 15 is 0 Å². The lowest BCUT2D eigenvalue weighted by Gasteiger charge is -2.30. The van der Waals surface area contributed by atoms with Crippen molar-refractivity contribution in [1.82, 2.24) is 19.7 Å². The molecule has 5 rings (SSSR count). The molecule has 1 amide bonds. The van der Waals surface area contributed by atoms with Gasteiger partial charge in [-0.25, -0.2) is 9.97 Å². The Labute approximate surface area is 178 Å². The van der Waals surface area contributed by atoms with E-state index in [1.54, 1.807) is 22.9 Å². The number of piperidine rings is 1. The summed E-state index contributed by atoms with van der Waals surface area (Å²) in [5.41, 5.74) is 8.99. The average molecular weight is 417 g/mol. The van der Waals surface area contributed by atoms with Gasteiger partial charge in [-0.2, -0.15) is 5.10 Å². The van der Waals surface area contributed by atoms with Crippen molar-refractivity contribution in [2.45, 2.75) is 19.3 Å². The molecule has 3 aromatic heterocycles. The second-order valence-electron chi connectivity index (χ2n) is 7.72. The summed E-state index contributed by atoms with van der Waals surface area (Å²) in [6.07, 6.45) is 6.76. The van der Waals surface area contributed by atoms with Crippen LogP contribution in [0.15, 0.2) is 47.2 Å². The molecule has 0 atom stereocenters. The Bertz CT molecular complexity index is 1250. The standard InChI is InChI=1S/C22H23N7O2/c1-28-12-14-10-17(19(11-16(14)27-28)29-8-3-2-4-9-29)25-21(30)18-13-31-22(26-18)15-6-5-7-20(23)24-15/h5-7,10-13H,2-4,8-9H2,1H3,(H2,23,24)(H,25,30). The number of aromatic nitrogens is 4. The number of fused-ring (bicyclic) bond motifs is 1. The summed E-state index contributed by atoms with van der Waals surface area (Å²) in [6, 6.07) is 9.17. The monoisotopic (exact) mass is 417 g/mol. The van der Waals surface area contributed by atoms with E-state index in [0.717, 1.165) is 48.2 Å². The molecule has 31 heavy (non-hydrogen) atoms. The van der Waals surface area contributed by atoms with Crippen LogP contribution in [0.2, 0.25) is 0 Å². The third-order valence-corrected chi connectivity index (χ3v) is 5.41. The maximum atomic E-state index is 13.0. The van der Waals surface area contributed by atoms with E-state index in [1.807, 2.05) is 25.4 Å². The van der Waals surface area contributed by atoms with Crippen molar-refractivity contribution in [1.29, 1.82) is 0 Å². The molecular weight excluding hydrogens is 394 g/mol. The van der Waals surface area contributed by atoms with Crippen molar-refractivity contribution in [3.8, 4) is 11.6 Å². The minimum absolute atomic E-state index is 0.176. The van der Waals surface area contributed by atoms with Gasteiger partial charge in [-0.15, -0.1) is 0 Å². The summed E-state index contributed by atoms with van der Waals surface area (Å²) >= 11 is 0. The number of pyridine rings is 1. The Morgan fingerprint density at radius 2 is 2.00 bits per heavy atom. The van der Waals surface area contributed by atoms with Crippen molar-refractivity contribution in [3.63, 3.8) is 0 Å². The number of hydrogen-bond donors (Lipinski definition) is 2. The zero-order valence-electron chi connectivity index (χ0n) is 17.2. The number of carbonyl (C=O) groups is 1. The van der Waals surface area contributed by atoms with Gasteiger partial charge in [0.1, 0.15) is 17.8 Å². The summed E-state index contributed by atoms with van der Waals surface area (Å²) in [4.78, 5) is 23.8. The van der Waals surface area contributed by atoms with Crippen LogP contribution in [0, 0.1) is 0 Å². The molecule has 1 aromatic carbocycles. The summed E-state index contributed by atoms with van der Waals surface area (Å²) in [6.45, 7) is 1.91. The molecule has 1 fully saturated rings. The number of nitrogens with one attached hydrogen (secondary N) is 1. The van der Waals surface area contributed by atoms with Gasteiger partial charge in [0.05, 0.1) is 16.9 Å². The molecule has 1 saturated heterocycles. The van der Waals surface area contributed by atoms with E-state index in [1.165, 1.54) is 12.7 Å². The van der Waals surface area contributed by atoms with Crippen LogP contribution in [0.3, 0.4) is 0 Å². The molecule has 1 aliphatic heterocycles. The molecule has 0 spiro atoms. The smallest absolute Gasteiger partial charge is 0.277 e. The number of oxazole rings is 1. The van der Waals surface area contributed by atoms with Crippen LogP contribution in [0.4, 0.5) is 17.2 Å². The molecule has 0 saturated carbocycles. The normalized spacial score (nSPS) is 14.2. The number of nitrogen functional groups attached to an aromatic ring is 1. The summed E-state index contributed by atoms with van der Waals surface area (Å²) in [7, 11) is 1.89. The number of carbonyl (C=O) groups excluding carboxylic acids is 1. The number of rotatable bonds is 4. The largest absolute Gasteiger partial charge is 0.442 e. The fourth-order valence-electron chi connectivity index (χ4n) is 3.93. The van der Waals surface area contributed by atoms with Gasteiger partial charge in [-0.1, -0.05) is 6.07 Å². The topological polar surface area (TPSA) is 115 Å². The highest BCUT2D eigenvalue weighted by atomic mass is 16.3. The number of nitrogens with two attached hydrogens (primary N) is 1. The van der Waals surface area contributed by atoms with Crippen molar-refractivity contribution in [3.05, 3.63) is 48.5 Å². The van der Waals surface area contributed by atoms with Gasteiger partial charge in [-0.3, -0.25) is 9.48 Å². The number of nitrogens with zero attached hydrogens (tertiary/aromatic N) is 5. The SMILES string of the molecule is Cn1cc2cc(NC(=O)c3coc(-c4cccc(N)n4)n3)c(N3CCCCC3)cc2n1. The highest BCUT2D eigenvalue weighted by molar-refractivity contribution is 6.06. The van der Waals surface area contributed by atoms with Crippen LogP contribution in [-0.4, -0.2) is 38.7 Å². The number of aryl methyl sites for hydroxylation is 1. The zero-order valence-corrected chi connectivity index (χ0v) is 17.2. The lowest BCUT2D eigenvalue weighted by atomic mass is 10.1. The number of anilines is 3. The predicted molar refractivity (Wildman–Crippen MR) is 119 cm³/mol. The lowest BCUT2D eigenvalue weighted by molar-refractivity contribution is 0.102. The van der Waals surface area contributed by atoms with E-state index < -0.39 is 0 Å². The van der Waals surface area contributed by atoms with Crippen LogP contribution in [-0.2, 0) is 7.05 Å². The van der Waals surface area contributed by atoms with Crippen LogP contribution in [0.1, 0.15) is 29.8 Å². The Morgan fingerprint density at radius 1 is 1.16 bits per heavy atom. The van der Waals surface area contributed by atoms with E-state index in [0.29, 0.717) is 11.5 Å². The third-order valence-electron chi connectivity index (χ3n) is 5.41. The maximum Gasteiger partial charge on any atom is 0.277 e. The molecule has 0 unspecified atom stereocenters.